The van der Waals surface area contributed by atoms with Crippen LogP contribution in [-0.2, 0) is 0 Å². The standard InChI is InChI=1S/C9H8N4O2/c1-6-4-7(8-5-10-12-11-8)2-3-9(6)13(14)15/h2-4H,5H2,1H3. The van der Waals surface area contributed by atoms with Crippen LogP contribution in [-0.4, -0.2) is 17.2 Å². The summed E-state index contributed by atoms with van der Waals surface area (Å²) in [6, 6.07) is 4.87. The second kappa shape index (κ2) is 3.56. The van der Waals surface area contributed by atoms with E-state index in [2.05, 4.69) is 15.4 Å². The summed E-state index contributed by atoms with van der Waals surface area (Å²) in [5.41, 5.74) is 2.31. The van der Waals surface area contributed by atoms with Gasteiger partial charge >= 0.3 is 0 Å². The van der Waals surface area contributed by atoms with Gasteiger partial charge in [0.2, 0.25) is 0 Å². The summed E-state index contributed by atoms with van der Waals surface area (Å²) in [6.45, 7) is 2.14. The van der Waals surface area contributed by atoms with E-state index in [-0.39, 0.29) is 5.69 Å². The molecule has 0 spiro atoms. The van der Waals surface area contributed by atoms with Crippen LogP contribution in [0.25, 0.3) is 0 Å². The molecule has 0 radical (unpaired) electrons. The van der Waals surface area contributed by atoms with Gasteiger partial charge in [0, 0.05) is 17.2 Å². The zero-order valence-electron chi connectivity index (χ0n) is 8.04. The Morgan fingerprint density at radius 3 is 2.80 bits per heavy atom. The summed E-state index contributed by atoms with van der Waals surface area (Å²) >= 11 is 0. The molecule has 76 valence electrons. The first kappa shape index (κ1) is 9.45. The number of nitrogens with zero attached hydrogens (tertiary/aromatic N) is 4. The fourth-order valence-electron chi connectivity index (χ4n) is 1.40. The molecule has 1 aliphatic rings. The molecule has 1 aromatic carbocycles. The lowest BCUT2D eigenvalue weighted by atomic mass is 10.1. The highest BCUT2D eigenvalue weighted by molar-refractivity contribution is 6.02. The molecule has 0 saturated carbocycles. The molecular weight excluding hydrogens is 196 g/mol. The lowest BCUT2D eigenvalue weighted by Crippen LogP contribution is -2.02. The monoisotopic (exact) mass is 204 g/mol. The first-order valence-electron chi connectivity index (χ1n) is 4.37. The lowest BCUT2D eigenvalue weighted by Gasteiger charge is -2.01. The quantitative estimate of drug-likeness (QED) is 0.545. The number of rotatable bonds is 2. The highest BCUT2D eigenvalue weighted by atomic mass is 16.6. The molecule has 0 unspecified atom stereocenters. The molecule has 0 atom stereocenters. The lowest BCUT2D eigenvalue weighted by molar-refractivity contribution is -0.385. The molecule has 15 heavy (non-hydrogen) atoms. The zero-order valence-corrected chi connectivity index (χ0v) is 8.04. The van der Waals surface area contributed by atoms with Crippen molar-refractivity contribution in [2.24, 2.45) is 15.4 Å². The summed E-state index contributed by atoms with van der Waals surface area (Å²) in [6.07, 6.45) is 0. The molecule has 0 aromatic heterocycles. The minimum absolute atomic E-state index is 0.117. The number of nitro groups is 1. The Morgan fingerprint density at radius 1 is 1.47 bits per heavy atom. The second-order valence-corrected chi connectivity index (χ2v) is 3.19. The highest BCUT2D eigenvalue weighted by Crippen LogP contribution is 2.20. The number of hydrogen-bond acceptors (Lipinski definition) is 5. The van der Waals surface area contributed by atoms with E-state index < -0.39 is 4.92 Å². The van der Waals surface area contributed by atoms with Crippen LogP contribution in [0.1, 0.15) is 11.1 Å². The number of hydrogen-bond donors (Lipinski definition) is 0. The SMILES string of the molecule is Cc1cc(C2=NN=NC2)ccc1[N+](=O)[O-]. The van der Waals surface area contributed by atoms with Gasteiger partial charge in [-0.1, -0.05) is 0 Å². The molecule has 0 saturated heterocycles. The van der Waals surface area contributed by atoms with E-state index in [1.165, 1.54) is 6.07 Å². The average molecular weight is 204 g/mol. The van der Waals surface area contributed by atoms with Gasteiger partial charge in [0.25, 0.3) is 5.69 Å². The summed E-state index contributed by atoms with van der Waals surface area (Å²) in [7, 11) is 0. The van der Waals surface area contributed by atoms with Crippen molar-refractivity contribution in [2.45, 2.75) is 6.92 Å². The number of aryl methyl sites for hydroxylation is 1. The van der Waals surface area contributed by atoms with E-state index in [0.29, 0.717) is 12.1 Å². The van der Waals surface area contributed by atoms with E-state index >= 15 is 0 Å². The maximum absolute atomic E-state index is 10.6. The van der Waals surface area contributed by atoms with Gasteiger partial charge in [-0.3, -0.25) is 10.1 Å². The van der Waals surface area contributed by atoms with Gasteiger partial charge in [-0.15, -0.1) is 5.10 Å². The van der Waals surface area contributed by atoms with Crippen LogP contribution in [0, 0.1) is 17.0 Å². The zero-order chi connectivity index (χ0) is 10.8. The Labute approximate surface area is 85.5 Å². The Kier molecular flexibility index (Phi) is 2.24. The molecule has 2 rings (SSSR count). The van der Waals surface area contributed by atoms with E-state index in [1.54, 1.807) is 19.1 Å². The first-order valence-corrected chi connectivity index (χ1v) is 4.37. The van der Waals surface area contributed by atoms with Gasteiger partial charge in [-0.25, -0.2) is 0 Å². The van der Waals surface area contributed by atoms with Crippen LogP contribution < -0.4 is 0 Å². The molecule has 6 heteroatoms. The van der Waals surface area contributed by atoms with Crippen LogP contribution in [0.5, 0.6) is 0 Å². The maximum Gasteiger partial charge on any atom is 0.272 e. The van der Waals surface area contributed by atoms with Crippen molar-refractivity contribution >= 4 is 11.4 Å². The normalized spacial score (nSPS) is 14.1. The summed E-state index contributed by atoms with van der Waals surface area (Å²) in [4.78, 5) is 10.2. The predicted octanol–water partition coefficient (Wildman–Crippen LogP) is 2.07. The molecule has 0 N–H and O–H groups in total. The van der Waals surface area contributed by atoms with Gasteiger partial charge in [0.15, 0.2) is 0 Å². The van der Waals surface area contributed by atoms with E-state index in [4.69, 9.17) is 0 Å². The molecule has 1 aliphatic heterocycles. The molecule has 1 aromatic rings. The second-order valence-electron chi connectivity index (χ2n) is 3.19. The minimum Gasteiger partial charge on any atom is -0.258 e. The predicted molar refractivity (Wildman–Crippen MR) is 54.1 cm³/mol. The topological polar surface area (TPSA) is 80.2 Å². The number of benzene rings is 1. The third-order valence-corrected chi connectivity index (χ3v) is 2.18. The number of nitro benzene ring substituents is 1. The van der Waals surface area contributed by atoms with Crippen molar-refractivity contribution < 1.29 is 4.92 Å². The van der Waals surface area contributed by atoms with Crippen LogP contribution >= 0.6 is 0 Å². The van der Waals surface area contributed by atoms with Crippen LogP contribution in [0.4, 0.5) is 5.69 Å². The summed E-state index contributed by atoms with van der Waals surface area (Å²) in [5, 5.41) is 21.6. The van der Waals surface area contributed by atoms with Crippen LogP contribution in [0.2, 0.25) is 0 Å². The smallest absolute Gasteiger partial charge is 0.258 e. The molecule has 0 amide bonds. The van der Waals surface area contributed by atoms with Gasteiger partial charge in [0.1, 0.15) is 6.54 Å². The van der Waals surface area contributed by atoms with Gasteiger partial charge in [-0.2, -0.15) is 5.11 Å². The Balaban J connectivity index is 2.37. The highest BCUT2D eigenvalue weighted by Gasteiger charge is 2.13. The molecule has 0 fully saturated rings. The largest absolute Gasteiger partial charge is 0.272 e. The Hall–Kier alpha value is -2.11. The third kappa shape index (κ3) is 1.74. The molecular formula is C9H8N4O2. The van der Waals surface area contributed by atoms with Crippen LogP contribution in [0.3, 0.4) is 0 Å². The maximum atomic E-state index is 10.6. The molecule has 0 bridgehead atoms. The van der Waals surface area contributed by atoms with Crippen molar-refractivity contribution in [3.05, 3.63) is 39.4 Å². The third-order valence-electron chi connectivity index (χ3n) is 2.18. The van der Waals surface area contributed by atoms with Crippen LogP contribution in [0.15, 0.2) is 33.6 Å². The fraction of sp³-hybridized carbons (Fsp3) is 0.222. The Morgan fingerprint density at radius 2 is 2.27 bits per heavy atom. The summed E-state index contributed by atoms with van der Waals surface area (Å²) < 4.78 is 0. The average Bonchev–Trinajstić information content (AvgIpc) is 2.69. The minimum atomic E-state index is -0.398. The molecule has 0 aliphatic carbocycles. The van der Waals surface area contributed by atoms with Crippen molar-refractivity contribution in [3.8, 4) is 0 Å². The van der Waals surface area contributed by atoms with E-state index in [1.807, 2.05) is 0 Å². The first-order chi connectivity index (χ1) is 7.18. The van der Waals surface area contributed by atoms with Gasteiger partial charge in [0.05, 0.1) is 10.6 Å². The van der Waals surface area contributed by atoms with Crippen molar-refractivity contribution in [2.75, 3.05) is 6.54 Å². The van der Waals surface area contributed by atoms with Gasteiger partial charge in [-0.05, 0) is 24.3 Å². The molecule has 1 heterocycles. The Bertz CT molecular complexity index is 479. The van der Waals surface area contributed by atoms with Crippen molar-refractivity contribution in [1.29, 1.82) is 0 Å². The van der Waals surface area contributed by atoms with Crippen molar-refractivity contribution in [3.63, 3.8) is 0 Å². The fourth-order valence-corrected chi connectivity index (χ4v) is 1.40. The van der Waals surface area contributed by atoms with E-state index in [0.717, 1.165) is 11.3 Å². The molecule has 6 nitrogen and oxygen atoms in total. The summed E-state index contributed by atoms with van der Waals surface area (Å²) in [5.74, 6) is 0. The van der Waals surface area contributed by atoms with Crippen molar-refractivity contribution in [1.82, 2.24) is 0 Å². The van der Waals surface area contributed by atoms with E-state index in [9.17, 15) is 10.1 Å². The van der Waals surface area contributed by atoms with Gasteiger partial charge < -0.3 is 0 Å².